The summed E-state index contributed by atoms with van der Waals surface area (Å²) in [5.74, 6) is 2.87. The van der Waals surface area contributed by atoms with E-state index in [1.54, 1.807) is 18.3 Å². The largest absolute Gasteiger partial charge is 0.476 e. The van der Waals surface area contributed by atoms with E-state index in [1.807, 2.05) is 19.0 Å². The highest BCUT2D eigenvalue weighted by molar-refractivity contribution is 5.94. The molecule has 1 aromatic rings. The van der Waals surface area contributed by atoms with Crippen LogP contribution in [0.4, 0.5) is 0 Å². The smallest absolute Gasteiger partial charge is 0.251 e. The maximum atomic E-state index is 12.2. The van der Waals surface area contributed by atoms with Gasteiger partial charge in [0.15, 0.2) is 5.66 Å². The van der Waals surface area contributed by atoms with Crippen molar-refractivity contribution in [2.24, 2.45) is 10.2 Å². The predicted molar refractivity (Wildman–Crippen MR) is 90.9 cm³/mol. The van der Waals surface area contributed by atoms with E-state index in [0.29, 0.717) is 37.4 Å². The van der Waals surface area contributed by atoms with Gasteiger partial charge in [0, 0.05) is 50.2 Å². The highest BCUT2D eigenvalue weighted by atomic mass is 16.5. The van der Waals surface area contributed by atoms with E-state index in [2.05, 4.69) is 26.4 Å². The number of hydrogen-bond acceptors (Lipinski definition) is 6. The van der Waals surface area contributed by atoms with Gasteiger partial charge in [0.05, 0.1) is 0 Å². The first-order valence-corrected chi connectivity index (χ1v) is 7.94. The summed E-state index contributed by atoms with van der Waals surface area (Å²) in [6, 6.07) is 3.30. The highest BCUT2D eigenvalue weighted by Gasteiger charge is 2.38. The molecule has 0 radical (unpaired) electrons. The molecular weight excluding hydrogens is 306 g/mol. The molecule has 1 aliphatic rings. The van der Waals surface area contributed by atoms with Crippen LogP contribution in [0.2, 0.25) is 0 Å². The summed E-state index contributed by atoms with van der Waals surface area (Å²) < 4.78 is 5.54. The predicted octanol–water partition coefficient (Wildman–Crippen LogP) is 1.72. The van der Waals surface area contributed by atoms with Crippen LogP contribution in [-0.4, -0.2) is 55.2 Å². The number of carbonyl (C=O) groups is 1. The van der Waals surface area contributed by atoms with Crippen LogP contribution in [-0.2, 0) is 0 Å². The van der Waals surface area contributed by atoms with Crippen molar-refractivity contribution in [1.82, 2.24) is 15.2 Å². The SMILES string of the molecule is C#CCCC1(CCNC(=O)c2ccnc(OCCN(C)C)c2)N=N1. The lowest BCUT2D eigenvalue weighted by atomic mass is 10.0. The van der Waals surface area contributed by atoms with Gasteiger partial charge in [-0.3, -0.25) is 4.79 Å². The Morgan fingerprint density at radius 2 is 2.21 bits per heavy atom. The molecule has 24 heavy (non-hydrogen) atoms. The maximum Gasteiger partial charge on any atom is 0.251 e. The second-order valence-corrected chi connectivity index (χ2v) is 5.93. The fourth-order valence-electron chi connectivity index (χ4n) is 2.11. The molecule has 2 rings (SSSR count). The van der Waals surface area contributed by atoms with Gasteiger partial charge in [-0.25, -0.2) is 4.98 Å². The summed E-state index contributed by atoms with van der Waals surface area (Å²) in [5.41, 5.74) is 0.144. The van der Waals surface area contributed by atoms with Crippen molar-refractivity contribution in [2.75, 3.05) is 33.8 Å². The van der Waals surface area contributed by atoms with Crippen LogP contribution in [0, 0.1) is 12.3 Å². The van der Waals surface area contributed by atoms with Crippen LogP contribution < -0.4 is 10.1 Å². The van der Waals surface area contributed by atoms with Crippen molar-refractivity contribution in [1.29, 1.82) is 0 Å². The first-order valence-electron chi connectivity index (χ1n) is 7.94. The third-order valence-electron chi connectivity index (χ3n) is 3.65. The number of aromatic nitrogens is 1. The van der Waals surface area contributed by atoms with Gasteiger partial charge in [0.1, 0.15) is 6.61 Å². The highest BCUT2D eigenvalue weighted by Crippen LogP contribution is 2.36. The topological polar surface area (TPSA) is 79.2 Å². The lowest BCUT2D eigenvalue weighted by Gasteiger charge is -2.12. The number of rotatable bonds is 10. The third kappa shape index (κ3) is 5.63. The van der Waals surface area contributed by atoms with Crippen molar-refractivity contribution in [3.8, 4) is 18.2 Å². The zero-order valence-electron chi connectivity index (χ0n) is 14.2. The van der Waals surface area contributed by atoms with Crippen LogP contribution >= 0.6 is 0 Å². The monoisotopic (exact) mass is 329 g/mol. The van der Waals surface area contributed by atoms with Crippen molar-refractivity contribution < 1.29 is 9.53 Å². The Labute approximate surface area is 142 Å². The van der Waals surface area contributed by atoms with E-state index >= 15 is 0 Å². The Balaban J connectivity index is 1.77. The standard InChI is InChI=1S/C17H23N5O2/c1-4-5-7-17(20-21-17)8-10-19-16(23)14-6-9-18-15(13-14)24-12-11-22(2)3/h1,6,9,13H,5,7-8,10-12H2,2-3H3,(H,19,23). The molecule has 2 heterocycles. The zero-order chi connectivity index (χ0) is 17.4. The maximum absolute atomic E-state index is 12.2. The minimum absolute atomic E-state index is 0.164. The second kappa shape index (κ2) is 8.41. The fraction of sp³-hybridized carbons (Fsp3) is 0.529. The van der Waals surface area contributed by atoms with E-state index in [4.69, 9.17) is 11.2 Å². The van der Waals surface area contributed by atoms with Crippen LogP contribution in [0.15, 0.2) is 28.6 Å². The quantitative estimate of drug-likeness (QED) is 0.663. The normalized spacial score (nSPS) is 14.2. The second-order valence-electron chi connectivity index (χ2n) is 5.93. The number of hydrogen-bond donors (Lipinski definition) is 1. The van der Waals surface area contributed by atoms with E-state index in [1.165, 1.54) is 0 Å². The molecule has 0 saturated heterocycles. The molecular formula is C17H23N5O2. The van der Waals surface area contributed by atoms with Crippen LogP contribution in [0.25, 0.3) is 0 Å². The molecule has 0 aliphatic carbocycles. The first-order chi connectivity index (χ1) is 11.5. The molecule has 0 aromatic carbocycles. The van der Waals surface area contributed by atoms with Gasteiger partial charge in [-0.1, -0.05) is 0 Å². The van der Waals surface area contributed by atoms with E-state index < -0.39 is 0 Å². The van der Waals surface area contributed by atoms with Crippen LogP contribution in [0.5, 0.6) is 5.88 Å². The first kappa shape index (κ1) is 17.9. The van der Waals surface area contributed by atoms with E-state index in [-0.39, 0.29) is 11.6 Å². The Hall–Kier alpha value is -2.46. The lowest BCUT2D eigenvalue weighted by Crippen LogP contribution is -2.28. The molecule has 1 N–H and O–H groups in total. The molecule has 0 spiro atoms. The molecule has 0 atom stereocenters. The molecule has 0 bridgehead atoms. The molecule has 7 heteroatoms. The molecule has 1 aromatic heterocycles. The molecule has 0 saturated carbocycles. The molecule has 128 valence electrons. The summed E-state index contributed by atoms with van der Waals surface area (Å²) >= 11 is 0. The molecule has 1 aliphatic heterocycles. The Bertz CT molecular complexity index is 630. The summed E-state index contributed by atoms with van der Waals surface area (Å²) in [6.45, 7) is 1.80. The summed E-state index contributed by atoms with van der Waals surface area (Å²) in [4.78, 5) is 18.3. The van der Waals surface area contributed by atoms with Gasteiger partial charge in [0.2, 0.25) is 5.88 Å². The Morgan fingerprint density at radius 1 is 1.42 bits per heavy atom. The third-order valence-corrected chi connectivity index (χ3v) is 3.65. The number of nitrogens with one attached hydrogen (secondary N) is 1. The minimum Gasteiger partial charge on any atom is -0.476 e. The van der Waals surface area contributed by atoms with Gasteiger partial charge in [-0.05, 0) is 20.2 Å². The average Bonchev–Trinajstić information content (AvgIpc) is 3.33. The summed E-state index contributed by atoms with van der Waals surface area (Å²) in [7, 11) is 3.94. The molecule has 0 fully saturated rings. The van der Waals surface area contributed by atoms with Crippen LogP contribution in [0.1, 0.15) is 29.6 Å². The number of nitrogens with zero attached hydrogens (tertiary/aromatic N) is 4. The van der Waals surface area contributed by atoms with Crippen LogP contribution in [0.3, 0.4) is 0 Å². The number of ether oxygens (including phenoxy) is 1. The lowest BCUT2D eigenvalue weighted by molar-refractivity contribution is 0.0951. The van der Waals surface area contributed by atoms with Gasteiger partial charge in [-0.2, -0.15) is 10.2 Å². The van der Waals surface area contributed by atoms with Gasteiger partial charge in [0.25, 0.3) is 5.91 Å². The van der Waals surface area contributed by atoms with Gasteiger partial charge in [-0.15, -0.1) is 12.3 Å². The van der Waals surface area contributed by atoms with Crippen molar-refractivity contribution >= 4 is 5.91 Å². The molecule has 7 nitrogen and oxygen atoms in total. The van der Waals surface area contributed by atoms with Gasteiger partial charge >= 0.3 is 0 Å². The van der Waals surface area contributed by atoms with E-state index in [9.17, 15) is 4.79 Å². The molecule has 1 amide bonds. The van der Waals surface area contributed by atoms with Crippen molar-refractivity contribution in [3.63, 3.8) is 0 Å². The van der Waals surface area contributed by atoms with E-state index in [0.717, 1.165) is 13.0 Å². The number of terminal acetylenes is 1. The fourth-order valence-corrected chi connectivity index (χ4v) is 2.11. The number of carbonyl (C=O) groups excluding carboxylic acids is 1. The number of likely N-dealkylation sites (N-methyl/N-ethyl adjacent to an activating group) is 1. The Morgan fingerprint density at radius 3 is 2.88 bits per heavy atom. The number of amides is 1. The molecule has 0 unspecified atom stereocenters. The zero-order valence-corrected chi connectivity index (χ0v) is 14.2. The van der Waals surface area contributed by atoms with Gasteiger partial charge < -0.3 is 15.0 Å². The summed E-state index contributed by atoms with van der Waals surface area (Å²) in [6.07, 6.45) is 8.86. The minimum atomic E-state index is -0.377. The number of pyridine rings is 1. The Kier molecular flexibility index (Phi) is 6.27. The summed E-state index contributed by atoms with van der Waals surface area (Å²) in [5, 5.41) is 11.0. The van der Waals surface area contributed by atoms with Crippen molar-refractivity contribution in [2.45, 2.75) is 24.9 Å². The van der Waals surface area contributed by atoms with Crippen molar-refractivity contribution in [3.05, 3.63) is 23.9 Å². The average molecular weight is 329 g/mol.